The van der Waals surface area contributed by atoms with Crippen LogP contribution in [0.3, 0.4) is 0 Å². The molecule has 0 saturated carbocycles. The van der Waals surface area contributed by atoms with E-state index in [9.17, 15) is 0 Å². The number of rotatable bonds is 8. The Morgan fingerprint density at radius 2 is 2.00 bits per heavy atom. The average Bonchev–Trinajstić information content (AvgIpc) is 3.48. The maximum Gasteiger partial charge on any atom is 0.0680 e. The number of hydrogen-bond acceptors (Lipinski definition) is 5. The first kappa shape index (κ1) is 24.5. The molecule has 1 aromatic carbocycles. The van der Waals surface area contributed by atoms with E-state index in [0.717, 1.165) is 43.6 Å². The second-order valence-corrected chi connectivity index (χ2v) is 8.88. The molecule has 0 bridgehead atoms. The van der Waals surface area contributed by atoms with Crippen LogP contribution in [0.5, 0.6) is 0 Å². The lowest BCUT2D eigenvalue weighted by Crippen LogP contribution is -2.35. The van der Waals surface area contributed by atoms with E-state index < -0.39 is 0 Å². The van der Waals surface area contributed by atoms with E-state index in [-0.39, 0.29) is 6.04 Å². The number of nitrogens with one attached hydrogen (secondary N) is 1. The standard InChI is InChI=1S/C21H27N3.C7H10N2/c1-16-12-20(23-14-16)13-17(2)24-11-7-10-21(24)18(3)22-15-19-8-5-4-6-9-19;1-6(8)7-3-2-4-9-5-7/h4-6,8-9,14,21-22H,2-3,7,10-13,15H2,1H3;2-6H,8H2,1H3. The van der Waals surface area contributed by atoms with Crippen LogP contribution in [0, 0.1) is 0 Å². The van der Waals surface area contributed by atoms with Gasteiger partial charge < -0.3 is 16.0 Å². The van der Waals surface area contributed by atoms with E-state index in [4.69, 9.17) is 5.73 Å². The molecular formula is C28H37N5. The van der Waals surface area contributed by atoms with Gasteiger partial charge in [0.25, 0.3) is 0 Å². The first-order chi connectivity index (χ1) is 15.9. The van der Waals surface area contributed by atoms with E-state index in [1.807, 2.05) is 31.3 Å². The molecule has 0 radical (unpaired) electrons. The van der Waals surface area contributed by atoms with Crippen LogP contribution >= 0.6 is 0 Å². The number of hydrogen-bond donors (Lipinski definition) is 2. The highest BCUT2D eigenvalue weighted by molar-refractivity contribution is 5.90. The lowest BCUT2D eigenvalue weighted by molar-refractivity contribution is 0.340. The normalized spacial score (nSPS) is 18.0. The Balaban J connectivity index is 0.000000286. The number of benzene rings is 1. The summed E-state index contributed by atoms with van der Waals surface area (Å²) < 4.78 is 0. The van der Waals surface area contributed by atoms with Gasteiger partial charge in [0.05, 0.1) is 6.04 Å². The van der Waals surface area contributed by atoms with E-state index in [1.54, 1.807) is 12.4 Å². The summed E-state index contributed by atoms with van der Waals surface area (Å²) in [5.74, 6) is 0. The zero-order chi connectivity index (χ0) is 23.6. The number of nitrogens with two attached hydrogens (primary N) is 1. The molecule has 33 heavy (non-hydrogen) atoms. The number of pyridine rings is 1. The van der Waals surface area contributed by atoms with Gasteiger partial charge in [-0.25, -0.2) is 0 Å². The molecule has 2 atom stereocenters. The van der Waals surface area contributed by atoms with Crippen molar-refractivity contribution in [3.05, 3.63) is 102 Å². The molecule has 3 N–H and O–H groups in total. The van der Waals surface area contributed by atoms with Crippen LogP contribution < -0.4 is 11.1 Å². The van der Waals surface area contributed by atoms with Crippen molar-refractivity contribution in [1.29, 1.82) is 0 Å². The number of nitrogens with zero attached hydrogens (tertiary/aromatic N) is 3. The van der Waals surface area contributed by atoms with Gasteiger partial charge in [0.15, 0.2) is 0 Å². The fraction of sp³-hybridized carbons (Fsp3) is 0.357. The Labute approximate surface area is 198 Å². The van der Waals surface area contributed by atoms with Gasteiger partial charge in [0, 0.05) is 67.7 Å². The number of allylic oxidation sites excluding steroid dienone is 2. The summed E-state index contributed by atoms with van der Waals surface area (Å²) >= 11 is 0. The summed E-state index contributed by atoms with van der Waals surface area (Å²) in [6.07, 6.45) is 9.70. The molecule has 2 aromatic rings. The summed E-state index contributed by atoms with van der Waals surface area (Å²) in [7, 11) is 0. The van der Waals surface area contributed by atoms with Crippen LogP contribution in [-0.4, -0.2) is 28.2 Å². The topological polar surface area (TPSA) is 66.5 Å². The third kappa shape index (κ3) is 7.43. The van der Waals surface area contributed by atoms with Crippen molar-refractivity contribution in [2.45, 2.75) is 58.2 Å². The second-order valence-electron chi connectivity index (χ2n) is 8.88. The molecule has 4 rings (SSSR count). The smallest absolute Gasteiger partial charge is 0.0680 e. The van der Waals surface area contributed by atoms with Crippen LogP contribution in [0.15, 0.2) is 96.2 Å². The molecule has 2 aliphatic heterocycles. The molecule has 174 valence electrons. The summed E-state index contributed by atoms with van der Waals surface area (Å²) in [6, 6.07) is 14.8. The highest BCUT2D eigenvalue weighted by atomic mass is 15.2. The maximum absolute atomic E-state index is 5.57. The monoisotopic (exact) mass is 443 g/mol. The molecule has 1 saturated heterocycles. The third-order valence-corrected chi connectivity index (χ3v) is 5.99. The fourth-order valence-electron chi connectivity index (χ4n) is 4.14. The van der Waals surface area contributed by atoms with Gasteiger partial charge in [-0.05, 0) is 49.5 Å². The van der Waals surface area contributed by atoms with E-state index in [0.29, 0.717) is 6.04 Å². The van der Waals surface area contributed by atoms with Crippen molar-refractivity contribution in [3.8, 4) is 0 Å². The van der Waals surface area contributed by atoms with Gasteiger partial charge in [0.1, 0.15) is 0 Å². The number of likely N-dealkylation sites (tertiary alicyclic amines) is 1. The molecule has 2 unspecified atom stereocenters. The van der Waals surface area contributed by atoms with Crippen molar-refractivity contribution >= 4 is 5.71 Å². The summed E-state index contributed by atoms with van der Waals surface area (Å²) in [4.78, 5) is 10.8. The highest BCUT2D eigenvalue weighted by Crippen LogP contribution is 2.28. The van der Waals surface area contributed by atoms with Crippen molar-refractivity contribution in [2.75, 3.05) is 6.54 Å². The maximum atomic E-state index is 5.57. The molecule has 3 heterocycles. The van der Waals surface area contributed by atoms with Gasteiger partial charge in [-0.2, -0.15) is 0 Å². The SMILES string of the molecule is C=C(NCc1ccccc1)C1CCCN1C(=C)CC1=NC=C(C)C1.CC(N)c1cccnc1. The van der Waals surface area contributed by atoms with Crippen LogP contribution in [-0.2, 0) is 6.54 Å². The van der Waals surface area contributed by atoms with Gasteiger partial charge >= 0.3 is 0 Å². The van der Waals surface area contributed by atoms with E-state index in [1.165, 1.54) is 29.0 Å². The Morgan fingerprint density at radius 3 is 2.61 bits per heavy atom. The molecule has 1 aromatic heterocycles. The zero-order valence-corrected chi connectivity index (χ0v) is 20.0. The number of aliphatic imine (C=N–C) groups is 1. The first-order valence-corrected chi connectivity index (χ1v) is 11.7. The molecule has 2 aliphatic rings. The lowest BCUT2D eigenvalue weighted by Gasteiger charge is -2.30. The zero-order valence-electron chi connectivity index (χ0n) is 20.0. The minimum atomic E-state index is 0.0960. The summed E-state index contributed by atoms with van der Waals surface area (Å²) in [5.41, 5.74) is 12.8. The van der Waals surface area contributed by atoms with E-state index in [2.05, 4.69) is 64.5 Å². The summed E-state index contributed by atoms with van der Waals surface area (Å²) in [6.45, 7) is 14.6. The lowest BCUT2D eigenvalue weighted by atomic mass is 10.1. The largest absolute Gasteiger partial charge is 0.383 e. The molecule has 1 fully saturated rings. The predicted molar refractivity (Wildman–Crippen MR) is 139 cm³/mol. The molecular weight excluding hydrogens is 406 g/mol. The number of aromatic nitrogens is 1. The minimum Gasteiger partial charge on any atom is -0.383 e. The molecule has 0 spiro atoms. The van der Waals surface area contributed by atoms with Crippen molar-refractivity contribution in [3.63, 3.8) is 0 Å². The quantitative estimate of drug-likeness (QED) is 0.565. The molecule has 0 amide bonds. The van der Waals surface area contributed by atoms with Gasteiger partial charge in [-0.1, -0.05) is 49.6 Å². The fourth-order valence-corrected chi connectivity index (χ4v) is 4.14. The van der Waals surface area contributed by atoms with E-state index >= 15 is 0 Å². The van der Waals surface area contributed by atoms with Crippen LogP contribution in [0.4, 0.5) is 0 Å². The highest BCUT2D eigenvalue weighted by Gasteiger charge is 2.28. The van der Waals surface area contributed by atoms with Crippen LogP contribution in [0.25, 0.3) is 0 Å². The van der Waals surface area contributed by atoms with Crippen LogP contribution in [0.2, 0.25) is 0 Å². The van der Waals surface area contributed by atoms with Gasteiger partial charge in [-0.15, -0.1) is 0 Å². The predicted octanol–water partition coefficient (Wildman–Crippen LogP) is 5.51. The summed E-state index contributed by atoms with van der Waals surface area (Å²) in [5, 5.41) is 3.51. The van der Waals surface area contributed by atoms with Gasteiger partial charge in [-0.3, -0.25) is 9.98 Å². The molecule has 0 aliphatic carbocycles. The Kier molecular flexibility index (Phi) is 9.02. The minimum absolute atomic E-state index is 0.0960. The Bertz CT molecular complexity index is 976. The average molecular weight is 444 g/mol. The third-order valence-electron chi connectivity index (χ3n) is 5.99. The molecule has 5 heteroatoms. The van der Waals surface area contributed by atoms with Crippen molar-refractivity contribution < 1.29 is 0 Å². The second kappa shape index (κ2) is 12.2. The van der Waals surface area contributed by atoms with Crippen LogP contribution in [0.1, 0.15) is 56.7 Å². The molecule has 5 nitrogen and oxygen atoms in total. The van der Waals surface area contributed by atoms with Crippen molar-refractivity contribution in [1.82, 2.24) is 15.2 Å². The Hall–Kier alpha value is -3.18. The van der Waals surface area contributed by atoms with Crippen molar-refractivity contribution in [2.24, 2.45) is 10.7 Å². The first-order valence-electron chi connectivity index (χ1n) is 11.7. The van der Waals surface area contributed by atoms with Gasteiger partial charge in [0.2, 0.25) is 0 Å². The Morgan fingerprint density at radius 1 is 1.21 bits per heavy atom.